The van der Waals surface area contributed by atoms with Crippen molar-refractivity contribution in [1.29, 1.82) is 0 Å². The number of fused-ring (bicyclic) bond motifs is 1. The molecule has 2 heterocycles. The van der Waals surface area contributed by atoms with Gasteiger partial charge in [0, 0.05) is 24.3 Å². The molecule has 0 spiro atoms. The van der Waals surface area contributed by atoms with Gasteiger partial charge in [-0.15, -0.1) is 0 Å². The van der Waals surface area contributed by atoms with Crippen LogP contribution in [0.3, 0.4) is 0 Å². The minimum absolute atomic E-state index is 0.230. The van der Waals surface area contributed by atoms with E-state index in [0.29, 0.717) is 36.2 Å². The lowest BCUT2D eigenvalue weighted by molar-refractivity contribution is -0.111. The first-order valence-corrected chi connectivity index (χ1v) is 7.22. The number of nitrogens with one attached hydrogen (secondary N) is 1. The fourth-order valence-electron chi connectivity index (χ4n) is 2.14. The van der Waals surface area contributed by atoms with Crippen molar-refractivity contribution in [2.45, 2.75) is 13.3 Å². The zero-order chi connectivity index (χ0) is 15.4. The zero-order valence-electron chi connectivity index (χ0n) is 12.3. The summed E-state index contributed by atoms with van der Waals surface area (Å²) in [6.07, 6.45) is 3.92. The largest absolute Gasteiger partial charge is 0.486 e. The average Bonchev–Trinajstić information content (AvgIpc) is 3.01. The van der Waals surface area contributed by atoms with Gasteiger partial charge in [0.15, 0.2) is 11.5 Å². The second-order valence-electron chi connectivity index (χ2n) is 4.84. The van der Waals surface area contributed by atoms with Crippen molar-refractivity contribution >= 4 is 17.7 Å². The molecular formula is C17H17NO4. The number of hydrogen-bond donors (Lipinski definition) is 1. The van der Waals surface area contributed by atoms with E-state index in [1.54, 1.807) is 24.3 Å². The van der Waals surface area contributed by atoms with Crippen molar-refractivity contribution in [3.05, 3.63) is 47.9 Å². The van der Waals surface area contributed by atoms with Gasteiger partial charge in [-0.3, -0.25) is 4.79 Å². The summed E-state index contributed by atoms with van der Waals surface area (Å²) in [6, 6.07) is 9.06. The molecule has 0 aliphatic carbocycles. The van der Waals surface area contributed by atoms with Crippen molar-refractivity contribution in [1.82, 2.24) is 0 Å². The lowest BCUT2D eigenvalue weighted by Crippen LogP contribution is -2.16. The molecule has 22 heavy (non-hydrogen) atoms. The molecule has 1 amide bonds. The Morgan fingerprint density at radius 1 is 1.18 bits per heavy atom. The number of ether oxygens (including phenoxy) is 2. The Morgan fingerprint density at radius 2 is 2.00 bits per heavy atom. The van der Waals surface area contributed by atoms with Crippen LogP contribution in [0.2, 0.25) is 0 Å². The first kappa shape index (κ1) is 14.3. The summed E-state index contributed by atoms with van der Waals surface area (Å²) in [7, 11) is 0. The van der Waals surface area contributed by atoms with Crippen LogP contribution in [0.15, 0.2) is 40.8 Å². The molecule has 3 rings (SSSR count). The molecule has 1 aliphatic rings. The Kier molecular flexibility index (Phi) is 4.14. The summed E-state index contributed by atoms with van der Waals surface area (Å²) < 4.78 is 16.4. The van der Waals surface area contributed by atoms with Crippen molar-refractivity contribution in [3.63, 3.8) is 0 Å². The molecular weight excluding hydrogens is 282 g/mol. The Hall–Kier alpha value is -2.69. The van der Waals surface area contributed by atoms with Crippen LogP contribution in [0, 0.1) is 0 Å². The number of amides is 1. The van der Waals surface area contributed by atoms with Crippen LogP contribution in [0.25, 0.3) is 6.08 Å². The minimum Gasteiger partial charge on any atom is -0.486 e. The van der Waals surface area contributed by atoms with Gasteiger partial charge in [0.1, 0.15) is 24.7 Å². The van der Waals surface area contributed by atoms with Crippen LogP contribution in [0.5, 0.6) is 11.5 Å². The Labute approximate surface area is 128 Å². The molecule has 0 bridgehead atoms. The van der Waals surface area contributed by atoms with Gasteiger partial charge in [-0.25, -0.2) is 0 Å². The lowest BCUT2D eigenvalue weighted by Gasteiger charge is -2.18. The molecule has 2 aromatic rings. The van der Waals surface area contributed by atoms with E-state index in [-0.39, 0.29) is 5.91 Å². The fraction of sp³-hybridized carbons (Fsp3) is 0.235. The quantitative estimate of drug-likeness (QED) is 0.880. The number of carbonyl (C=O) groups excluding carboxylic acids is 1. The maximum atomic E-state index is 11.9. The van der Waals surface area contributed by atoms with Crippen LogP contribution in [-0.4, -0.2) is 19.1 Å². The Bertz CT molecular complexity index is 702. The van der Waals surface area contributed by atoms with E-state index >= 15 is 0 Å². The van der Waals surface area contributed by atoms with Gasteiger partial charge in [0.25, 0.3) is 0 Å². The minimum atomic E-state index is -0.230. The number of hydrogen-bond acceptors (Lipinski definition) is 4. The second kappa shape index (κ2) is 6.39. The highest BCUT2D eigenvalue weighted by Crippen LogP contribution is 2.32. The van der Waals surface area contributed by atoms with Crippen molar-refractivity contribution in [2.75, 3.05) is 18.5 Å². The molecule has 0 radical (unpaired) electrons. The number of aryl methyl sites for hydroxylation is 1. The first-order valence-electron chi connectivity index (χ1n) is 7.22. The Balaban J connectivity index is 1.64. The first-order chi connectivity index (χ1) is 10.7. The summed E-state index contributed by atoms with van der Waals surface area (Å²) in [5, 5.41) is 2.78. The Morgan fingerprint density at radius 3 is 2.77 bits per heavy atom. The van der Waals surface area contributed by atoms with E-state index in [4.69, 9.17) is 13.9 Å². The topological polar surface area (TPSA) is 60.7 Å². The summed E-state index contributed by atoms with van der Waals surface area (Å²) >= 11 is 0. The lowest BCUT2D eigenvalue weighted by atomic mass is 10.2. The van der Waals surface area contributed by atoms with Gasteiger partial charge in [0.05, 0.1) is 0 Å². The number of anilines is 1. The van der Waals surface area contributed by atoms with Gasteiger partial charge < -0.3 is 19.2 Å². The molecule has 5 heteroatoms. The van der Waals surface area contributed by atoms with Crippen LogP contribution in [-0.2, 0) is 11.2 Å². The summed E-state index contributed by atoms with van der Waals surface area (Å²) in [6.45, 7) is 3.08. The normalized spacial score (nSPS) is 13.3. The summed E-state index contributed by atoms with van der Waals surface area (Å²) in [5.74, 6) is 2.67. The molecule has 5 nitrogen and oxygen atoms in total. The van der Waals surface area contributed by atoms with E-state index < -0.39 is 0 Å². The molecule has 1 aliphatic heterocycles. The molecule has 0 fully saturated rings. The number of furan rings is 1. The van der Waals surface area contributed by atoms with E-state index in [0.717, 1.165) is 12.2 Å². The highest BCUT2D eigenvalue weighted by molar-refractivity contribution is 6.01. The van der Waals surface area contributed by atoms with Crippen LogP contribution in [0.4, 0.5) is 5.69 Å². The number of benzene rings is 1. The second-order valence-corrected chi connectivity index (χ2v) is 4.84. The van der Waals surface area contributed by atoms with Crippen molar-refractivity contribution in [3.8, 4) is 11.5 Å². The molecule has 1 N–H and O–H groups in total. The maximum absolute atomic E-state index is 11.9. The smallest absolute Gasteiger partial charge is 0.248 e. The predicted molar refractivity (Wildman–Crippen MR) is 83.2 cm³/mol. The zero-order valence-corrected chi connectivity index (χ0v) is 12.3. The van der Waals surface area contributed by atoms with Crippen LogP contribution >= 0.6 is 0 Å². The van der Waals surface area contributed by atoms with Gasteiger partial charge in [-0.05, 0) is 30.3 Å². The van der Waals surface area contributed by atoms with Gasteiger partial charge in [-0.2, -0.15) is 0 Å². The average molecular weight is 299 g/mol. The molecule has 114 valence electrons. The van der Waals surface area contributed by atoms with E-state index in [1.807, 2.05) is 19.1 Å². The van der Waals surface area contributed by atoms with Crippen molar-refractivity contribution in [2.24, 2.45) is 0 Å². The molecule has 0 saturated heterocycles. The van der Waals surface area contributed by atoms with Gasteiger partial charge in [-0.1, -0.05) is 6.92 Å². The third-order valence-electron chi connectivity index (χ3n) is 3.24. The molecule has 1 aromatic carbocycles. The monoisotopic (exact) mass is 299 g/mol. The molecule has 1 aromatic heterocycles. The van der Waals surface area contributed by atoms with E-state index in [2.05, 4.69) is 5.32 Å². The maximum Gasteiger partial charge on any atom is 0.248 e. The third kappa shape index (κ3) is 3.31. The van der Waals surface area contributed by atoms with Crippen LogP contribution in [0.1, 0.15) is 18.4 Å². The fourth-order valence-corrected chi connectivity index (χ4v) is 2.14. The van der Waals surface area contributed by atoms with Gasteiger partial charge >= 0.3 is 0 Å². The number of carbonyl (C=O) groups is 1. The highest BCUT2D eigenvalue weighted by atomic mass is 16.6. The molecule has 0 saturated carbocycles. The summed E-state index contributed by atoms with van der Waals surface area (Å²) in [4.78, 5) is 11.9. The van der Waals surface area contributed by atoms with Crippen molar-refractivity contribution < 1.29 is 18.7 Å². The molecule has 0 unspecified atom stereocenters. The summed E-state index contributed by atoms with van der Waals surface area (Å²) in [5.41, 5.74) is 0.660. The SMILES string of the molecule is CCc1ccc(C=CC(=O)Nc2ccc3c(c2)OCCO3)o1. The molecule has 0 atom stereocenters. The van der Waals surface area contributed by atoms with E-state index in [9.17, 15) is 4.79 Å². The number of rotatable bonds is 4. The highest BCUT2D eigenvalue weighted by Gasteiger charge is 2.12. The standard InChI is InChI=1S/C17H17NO4/c1-2-13-4-5-14(22-13)6-8-17(19)18-12-3-7-15-16(11-12)21-10-9-20-15/h3-8,11H,2,9-10H2,1H3,(H,18,19). The van der Waals surface area contributed by atoms with E-state index in [1.165, 1.54) is 6.08 Å². The van der Waals surface area contributed by atoms with Gasteiger partial charge in [0.2, 0.25) is 5.91 Å². The third-order valence-corrected chi connectivity index (χ3v) is 3.24. The van der Waals surface area contributed by atoms with Crippen LogP contribution < -0.4 is 14.8 Å². The predicted octanol–water partition coefficient (Wildman–Crippen LogP) is 3.27.